The molecular formula is C13H17ClN4. The molecule has 2 aromatic rings. The maximum atomic E-state index is 6.03. The van der Waals surface area contributed by atoms with Gasteiger partial charge < -0.3 is 0 Å². The van der Waals surface area contributed by atoms with Gasteiger partial charge in [-0.1, -0.05) is 24.4 Å². The molecule has 0 radical (unpaired) electrons. The molecule has 5 heteroatoms. The quantitative estimate of drug-likeness (QED) is 0.836. The first kappa shape index (κ1) is 11.9. The summed E-state index contributed by atoms with van der Waals surface area (Å²) in [6.45, 7) is 3.19. The molecular weight excluding hydrogens is 248 g/mol. The highest BCUT2D eigenvalue weighted by Gasteiger charge is 2.13. The van der Waals surface area contributed by atoms with Gasteiger partial charge in [-0.15, -0.1) is 10.2 Å². The molecule has 1 saturated heterocycles. The summed E-state index contributed by atoms with van der Waals surface area (Å²) in [7, 11) is 0. The van der Waals surface area contributed by atoms with Gasteiger partial charge in [-0.3, -0.25) is 9.30 Å². The van der Waals surface area contributed by atoms with Crippen molar-refractivity contribution in [1.82, 2.24) is 19.5 Å². The van der Waals surface area contributed by atoms with E-state index in [0.29, 0.717) is 0 Å². The zero-order chi connectivity index (χ0) is 12.4. The Morgan fingerprint density at radius 1 is 1.06 bits per heavy atom. The summed E-state index contributed by atoms with van der Waals surface area (Å²) < 4.78 is 1.99. The lowest BCUT2D eigenvalue weighted by Gasteiger charge is -2.18. The topological polar surface area (TPSA) is 33.4 Å². The molecule has 1 aliphatic rings. The van der Waals surface area contributed by atoms with Gasteiger partial charge in [-0.2, -0.15) is 0 Å². The van der Waals surface area contributed by atoms with Crippen molar-refractivity contribution in [3.05, 3.63) is 29.2 Å². The minimum Gasteiger partial charge on any atom is -0.296 e. The van der Waals surface area contributed by atoms with Crippen LogP contribution in [0.25, 0.3) is 5.65 Å². The summed E-state index contributed by atoms with van der Waals surface area (Å²) in [4.78, 5) is 2.46. The van der Waals surface area contributed by atoms with E-state index < -0.39 is 0 Å². The van der Waals surface area contributed by atoms with Crippen LogP contribution in [-0.4, -0.2) is 32.6 Å². The maximum Gasteiger partial charge on any atom is 0.160 e. The minimum absolute atomic E-state index is 0.722. The van der Waals surface area contributed by atoms with E-state index in [9.17, 15) is 0 Å². The van der Waals surface area contributed by atoms with Gasteiger partial charge in [0.15, 0.2) is 11.5 Å². The molecule has 0 atom stereocenters. The third kappa shape index (κ3) is 2.49. The highest BCUT2D eigenvalue weighted by atomic mass is 35.5. The fourth-order valence-electron chi connectivity index (χ4n) is 2.51. The van der Waals surface area contributed by atoms with E-state index in [2.05, 4.69) is 15.1 Å². The average molecular weight is 265 g/mol. The van der Waals surface area contributed by atoms with Crippen LogP contribution in [-0.2, 0) is 6.54 Å². The highest BCUT2D eigenvalue weighted by molar-refractivity contribution is 6.30. The molecule has 0 amide bonds. The van der Waals surface area contributed by atoms with Crippen molar-refractivity contribution in [2.75, 3.05) is 13.1 Å². The summed E-state index contributed by atoms with van der Waals surface area (Å²) >= 11 is 6.03. The van der Waals surface area contributed by atoms with E-state index in [-0.39, 0.29) is 0 Å². The molecule has 1 fully saturated rings. The molecule has 1 aliphatic heterocycles. The second-order valence-electron chi connectivity index (χ2n) is 4.88. The SMILES string of the molecule is Clc1ccc2nnc(CN3CCCCCC3)n2c1. The van der Waals surface area contributed by atoms with Crippen molar-refractivity contribution in [3.8, 4) is 0 Å². The van der Waals surface area contributed by atoms with Gasteiger partial charge in [-0.25, -0.2) is 0 Å². The van der Waals surface area contributed by atoms with Crippen LogP contribution in [0.15, 0.2) is 18.3 Å². The van der Waals surface area contributed by atoms with Gasteiger partial charge >= 0.3 is 0 Å². The Labute approximate surface area is 112 Å². The van der Waals surface area contributed by atoms with Crippen LogP contribution >= 0.6 is 11.6 Å². The number of rotatable bonds is 2. The molecule has 0 unspecified atom stereocenters. The predicted octanol–water partition coefficient (Wildman–Crippen LogP) is 2.76. The Morgan fingerprint density at radius 2 is 1.83 bits per heavy atom. The summed E-state index contributed by atoms with van der Waals surface area (Å²) in [5.41, 5.74) is 0.865. The van der Waals surface area contributed by atoms with Crippen molar-refractivity contribution < 1.29 is 0 Å². The van der Waals surface area contributed by atoms with Gasteiger partial charge in [0, 0.05) is 6.20 Å². The minimum atomic E-state index is 0.722. The van der Waals surface area contributed by atoms with Gasteiger partial charge in [0.25, 0.3) is 0 Å². The molecule has 0 aliphatic carbocycles. The highest BCUT2D eigenvalue weighted by Crippen LogP contribution is 2.15. The second-order valence-corrected chi connectivity index (χ2v) is 5.32. The van der Waals surface area contributed by atoms with E-state index in [1.165, 1.54) is 25.7 Å². The Kier molecular flexibility index (Phi) is 3.48. The first-order chi connectivity index (χ1) is 8.83. The zero-order valence-corrected chi connectivity index (χ0v) is 11.1. The Hall–Kier alpha value is -1.13. The van der Waals surface area contributed by atoms with Gasteiger partial charge in [-0.05, 0) is 38.1 Å². The summed E-state index contributed by atoms with van der Waals surface area (Å²) in [6.07, 6.45) is 7.17. The first-order valence-corrected chi connectivity index (χ1v) is 6.92. The van der Waals surface area contributed by atoms with Crippen molar-refractivity contribution in [3.63, 3.8) is 0 Å². The molecule has 3 heterocycles. The molecule has 18 heavy (non-hydrogen) atoms. The molecule has 96 valence electrons. The lowest BCUT2D eigenvalue weighted by atomic mass is 10.2. The smallest absolute Gasteiger partial charge is 0.160 e. The number of nitrogens with zero attached hydrogens (tertiary/aromatic N) is 4. The summed E-state index contributed by atoms with van der Waals surface area (Å²) in [5, 5.41) is 9.17. The number of aromatic nitrogens is 3. The number of fused-ring (bicyclic) bond motifs is 1. The summed E-state index contributed by atoms with van der Waals surface area (Å²) in [5.74, 6) is 0.981. The lowest BCUT2D eigenvalue weighted by Crippen LogP contribution is -2.25. The molecule has 4 nitrogen and oxygen atoms in total. The van der Waals surface area contributed by atoms with Crippen molar-refractivity contribution in [2.24, 2.45) is 0 Å². The molecule has 0 spiro atoms. The van der Waals surface area contributed by atoms with E-state index >= 15 is 0 Å². The zero-order valence-electron chi connectivity index (χ0n) is 10.3. The molecule has 0 saturated carbocycles. The van der Waals surface area contributed by atoms with Crippen LogP contribution in [0, 0.1) is 0 Å². The average Bonchev–Trinajstić information content (AvgIpc) is 2.60. The molecule has 3 rings (SSSR count). The van der Waals surface area contributed by atoms with Gasteiger partial charge in [0.05, 0.1) is 11.6 Å². The van der Waals surface area contributed by atoms with Crippen LogP contribution in [0.2, 0.25) is 5.02 Å². The third-order valence-corrected chi connectivity index (χ3v) is 3.72. The van der Waals surface area contributed by atoms with Crippen molar-refractivity contribution in [2.45, 2.75) is 32.2 Å². The Bertz CT molecular complexity index is 529. The number of pyridine rings is 1. The Morgan fingerprint density at radius 3 is 2.61 bits per heavy atom. The van der Waals surface area contributed by atoms with Crippen LogP contribution in [0.4, 0.5) is 0 Å². The Balaban J connectivity index is 1.83. The maximum absolute atomic E-state index is 6.03. The molecule has 0 aromatic carbocycles. The van der Waals surface area contributed by atoms with Crippen molar-refractivity contribution in [1.29, 1.82) is 0 Å². The van der Waals surface area contributed by atoms with Crippen LogP contribution in [0.5, 0.6) is 0 Å². The summed E-state index contributed by atoms with van der Waals surface area (Å²) in [6, 6.07) is 3.75. The van der Waals surface area contributed by atoms with E-state index in [0.717, 1.165) is 36.1 Å². The number of hydrogen-bond acceptors (Lipinski definition) is 3. The number of halogens is 1. The van der Waals surface area contributed by atoms with Crippen LogP contribution in [0.1, 0.15) is 31.5 Å². The number of hydrogen-bond donors (Lipinski definition) is 0. The van der Waals surface area contributed by atoms with E-state index in [1.54, 1.807) is 0 Å². The largest absolute Gasteiger partial charge is 0.296 e. The van der Waals surface area contributed by atoms with Crippen molar-refractivity contribution >= 4 is 17.2 Å². The fourth-order valence-corrected chi connectivity index (χ4v) is 2.68. The lowest BCUT2D eigenvalue weighted by molar-refractivity contribution is 0.269. The molecule has 0 N–H and O–H groups in total. The number of likely N-dealkylation sites (tertiary alicyclic amines) is 1. The fraction of sp³-hybridized carbons (Fsp3) is 0.538. The molecule has 0 bridgehead atoms. The predicted molar refractivity (Wildman–Crippen MR) is 71.7 cm³/mol. The van der Waals surface area contributed by atoms with Gasteiger partial charge in [0.2, 0.25) is 0 Å². The second kappa shape index (κ2) is 5.24. The molecule has 2 aromatic heterocycles. The van der Waals surface area contributed by atoms with E-state index in [4.69, 9.17) is 11.6 Å². The van der Waals surface area contributed by atoms with Crippen LogP contribution < -0.4 is 0 Å². The van der Waals surface area contributed by atoms with Gasteiger partial charge in [0.1, 0.15) is 0 Å². The van der Waals surface area contributed by atoms with Crippen LogP contribution in [0.3, 0.4) is 0 Å². The monoisotopic (exact) mass is 264 g/mol. The third-order valence-electron chi connectivity index (χ3n) is 3.50. The first-order valence-electron chi connectivity index (χ1n) is 6.54. The van der Waals surface area contributed by atoms with E-state index in [1.807, 2.05) is 22.7 Å². The standard InChI is InChI=1S/C13H17ClN4/c14-11-5-6-12-15-16-13(18(12)9-11)10-17-7-3-1-2-4-8-17/h5-6,9H,1-4,7-8,10H2. The normalized spacial score (nSPS) is 18.1.